The molecule has 1 N–H and O–H groups in total. The van der Waals surface area contributed by atoms with Crippen LogP contribution in [0, 0.1) is 5.41 Å². The van der Waals surface area contributed by atoms with Crippen LogP contribution in [-0.2, 0) is 0 Å². The minimum Gasteiger partial charge on any atom is -0.369 e. The summed E-state index contributed by atoms with van der Waals surface area (Å²) in [5.74, 6) is 0.954. The van der Waals surface area contributed by atoms with Gasteiger partial charge < -0.3 is 5.32 Å². The molecule has 1 saturated carbocycles. The third kappa shape index (κ3) is 2.21. The van der Waals surface area contributed by atoms with E-state index in [1.54, 1.807) is 0 Å². The number of hydrogen-bond acceptors (Lipinski definition) is 2. The Bertz CT molecular complexity index is 308. The molecule has 1 aromatic rings. The lowest BCUT2D eigenvalue weighted by Gasteiger charge is -2.11. The Balaban J connectivity index is 1.97. The first-order valence-corrected chi connectivity index (χ1v) is 5.33. The molecule has 1 aliphatic carbocycles. The average Bonchev–Trinajstić information content (AvgIpc) is 2.83. The van der Waals surface area contributed by atoms with Gasteiger partial charge in [0.05, 0.1) is 4.47 Å². The number of halogens is 1. The van der Waals surface area contributed by atoms with Crippen LogP contribution in [0.5, 0.6) is 0 Å². The highest BCUT2D eigenvalue weighted by molar-refractivity contribution is 9.10. The van der Waals surface area contributed by atoms with Crippen molar-refractivity contribution in [1.82, 2.24) is 4.98 Å². The maximum Gasteiger partial charge on any atom is 0.140 e. The molecule has 2 nitrogen and oxygen atoms in total. The number of nitrogens with zero attached hydrogens (tertiary/aromatic N) is 1. The Kier molecular flexibility index (Phi) is 2.28. The Morgan fingerprint density at radius 3 is 3.00 bits per heavy atom. The predicted molar refractivity (Wildman–Crippen MR) is 57.8 cm³/mol. The topological polar surface area (TPSA) is 24.9 Å². The molecular weight excluding hydrogens is 228 g/mol. The molecule has 0 radical (unpaired) electrons. The number of nitrogens with one attached hydrogen (secondary N) is 1. The van der Waals surface area contributed by atoms with Crippen molar-refractivity contribution < 1.29 is 0 Å². The fraction of sp³-hybridized carbons (Fsp3) is 0.500. The molecule has 0 spiro atoms. The molecule has 0 bridgehead atoms. The first-order valence-electron chi connectivity index (χ1n) is 4.54. The molecule has 0 saturated heterocycles. The Labute approximate surface area is 86.9 Å². The monoisotopic (exact) mass is 240 g/mol. The summed E-state index contributed by atoms with van der Waals surface area (Å²) in [5, 5.41) is 3.36. The van der Waals surface area contributed by atoms with E-state index in [2.05, 4.69) is 33.2 Å². The van der Waals surface area contributed by atoms with Gasteiger partial charge in [-0.3, -0.25) is 0 Å². The van der Waals surface area contributed by atoms with Gasteiger partial charge in [0.15, 0.2) is 0 Å². The van der Waals surface area contributed by atoms with Crippen molar-refractivity contribution >= 4 is 21.7 Å². The summed E-state index contributed by atoms with van der Waals surface area (Å²) in [5.41, 5.74) is 0.525. The van der Waals surface area contributed by atoms with Crippen molar-refractivity contribution in [2.24, 2.45) is 5.41 Å². The molecule has 13 heavy (non-hydrogen) atoms. The van der Waals surface area contributed by atoms with Crippen LogP contribution in [0.25, 0.3) is 0 Å². The summed E-state index contributed by atoms with van der Waals surface area (Å²) in [6.07, 6.45) is 4.48. The molecule has 0 atom stereocenters. The van der Waals surface area contributed by atoms with E-state index in [9.17, 15) is 0 Å². The summed E-state index contributed by atoms with van der Waals surface area (Å²) in [4.78, 5) is 4.25. The van der Waals surface area contributed by atoms with Crippen molar-refractivity contribution in [2.75, 3.05) is 11.9 Å². The van der Waals surface area contributed by atoms with Crippen LogP contribution in [-0.4, -0.2) is 11.5 Å². The van der Waals surface area contributed by atoms with E-state index in [1.165, 1.54) is 12.8 Å². The minimum absolute atomic E-state index is 0.525. The molecule has 0 amide bonds. The van der Waals surface area contributed by atoms with Crippen LogP contribution in [0.4, 0.5) is 5.82 Å². The lowest BCUT2D eigenvalue weighted by atomic mass is 10.1. The van der Waals surface area contributed by atoms with Crippen molar-refractivity contribution in [1.29, 1.82) is 0 Å². The largest absolute Gasteiger partial charge is 0.369 e. The van der Waals surface area contributed by atoms with Crippen LogP contribution in [0.2, 0.25) is 0 Å². The third-order valence-corrected chi connectivity index (χ3v) is 3.18. The van der Waals surface area contributed by atoms with Crippen LogP contribution < -0.4 is 5.32 Å². The smallest absolute Gasteiger partial charge is 0.140 e. The molecule has 70 valence electrons. The number of anilines is 1. The maximum absolute atomic E-state index is 4.25. The van der Waals surface area contributed by atoms with E-state index >= 15 is 0 Å². The predicted octanol–water partition coefficient (Wildman–Crippen LogP) is 3.06. The second kappa shape index (κ2) is 3.29. The third-order valence-electron chi connectivity index (χ3n) is 2.54. The Morgan fingerprint density at radius 1 is 1.62 bits per heavy atom. The van der Waals surface area contributed by atoms with Gasteiger partial charge in [0.2, 0.25) is 0 Å². The number of rotatable bonds is 3. The van der Waals surface area contributed by atoms with Crippen molar-refractivity contribution in [3.8, 4) is 0 Å². The Morgan fingerprint density at radius 2 is 2.38 bits per heavy atom. The van der Waals surface area contributed by atoms with Gasteiger partial charge in [0.1, 0.15) is 5.82 Å². The summed E-state index contributed by atoms with van der Waals surface area (Å²) in [6.45, 7) is 3.33. The van der Waals surface area contributed by atoms with Crippen molar-refractivity contribution in [3.63, 3.8) is 0 Å². The number of hydrogen-bond donors (Lipinski definition) is 1. The molecule has 2 rings (SSSR count). The van der Waals surface area contributed by atoms with Gasteiger partial charge in [0, 0.05) is 12.7 Å². The summed E-state index contributed by atoms with van der Waals surface area (Å²) in [6, 6.07) is 3.93. The first-order chi connectivity index (χ1) is 6.20. The number of aromatic nitrogens is 1. The summed E-state index contributed by atoms with van der Waals surface area (Å²) < 4.78 is 1.04. The van der Waals surface area contributed by atoms with Gasteiger partial charge in [-0.2, -0.15) is 0 Å². The minimum atomic E-state index is 0.525. The van der Waals surface area contributed by atoms with Gasteiger partial charge in [-0.15, -0.1) is 0 Å². The lowest BCUT2D eigenvalue weighted by Crippen LogP contribution is -2.12. The van der Waals surface area contributed by atoms with Crippen LogP contribution in [0.15, 0.2) is 22.8 Å². The van der Waals surface area contributed by atoms with Crippen LogP contribution in [0.1, 0.15) is 19.8 Å². The molecule has 1 aliphatic rings. The lowest BCUT2D eigenvalue weighted by molar-refractivity contribution is 0.609. The molecule has 1 heterocycles. The highest BCUT2D eigenvalue weighted by atomic mass is 79.9. The molecule has 3 heteroatoms. The fourth-order valence-corrected chi connectivity index (χ4v) is 1.60. The average molecular weight is 241 g/mol. The zero-order valence-electron chi connectivity index (χ0n) is 7.68. The number of pyridine rings is 1. The van der Waals surface area contributed by atoms with E-state index in [0.717, 1.165) is 16.8 Å². The second-order valence-corrected chi connectivity index (χ2v) is 4.85. The van der Waals surface area contributed by atoms with Gasteiger partial charge in [-0.1, -0.05) is 6.92 Å². The van der Waals surface area contributed by atoms with Crippen LogP contribution >= 0.6 is 15.9 Å². The van der Waals surface area contributed by atoms with E-state index < -0.39 is 0 Å². The van der Waals surface area contributed by atoms with Crippen molar-refractivity contribution in [3.05, 3.63) is 22.8 Å². The van der Waals surface area contributed by atoms with E-state index in [4.69, 9.17) is 0 Å². The molecule has 0 aromatic carbocycles. The van der Waals surface area contributed by atoms with Crippen LogP contribution in [0.3, 0.4) is 0 Å². The Hall–Kier alpha value is -0.570. The van der Waals surface area contributed by atoms with E-state index in [0.29, 0.717) is 5.41 Å². The highest BCUT2D eigenvalue weighted by Gasteiger charge is 2.36. The maximum atomic E-state index is 4.25. The second-order valence-electron chi connectivity index (χ2n) is 4.00. The first kappa shape index (κ1) is 9.00. The normalized spacial score (nSPS) is 18.3. The fourth-order valence-electron chi connectivity index (χ4n) is 1.20. The van der Waals surface area contributed by atoms with Gasteiger partial charge in [-0.05, 0) is 46.3 Å². The highest BCUT2D eigenvalue weighted by Crippen LogP contribution is 2.44. The zero-order valence-corrected chi connectivity index (χ0v) is 9.26. The summed E-state index contributed by atoms with van der Waals surface area (Å²) in [7, 11) is 0. The molecule has 1 fully saturated rings. The quantitative estimate of drug-likeness (QED) is 0.879. The van der Waals surface area contributed by atoms with Gasteiger partial charge in [0.25, 0.3) is 0 Å². The SMILES string of the molecule is CC1(CNc2ncccc2Br)CC1. The van der Waals surface area contributed by atoms with E-state index in [1.807, 2.05) is 18.3 Å². The molecule has 0 unspecified atom stereocenters. The van der Waals surface area contributed by atoms with Gasteiger partial charge >= 0.3 is 0 Å². The standard InChI is InChI=1S/C10H13BrN2/c1-10(4-5-10)7-13-9-8(11)3-2-6-12-9/h2-3,6H,4-5,7H2,1H3,(H,12,13). The molecule has 1 aromatic heterocycles. The zero-order chi connectivity index (χ0) is 9.31. The summed E-state index contributed by atoms with van der Waals surface area (Å²) >= 11 is 3.46. The van der Waals surface area contributed by atoms with Gasteiger partial charge in [-0.25, -0.2) is 4.98 Å². The molecular formula is C10H13BrN2. The van der Waals surface area contributed by atoms with Crippen molar-refractivity contribution in [2.45, 2.75) is 19.8 Å². The van der Waals surface area contributed by atoms with E-state index in [-0.39, 0.29) is 0 Å². The molecule has 0 aliphatic heterocycles.